The van der Waals surface area contributed by atoms with E-state index >= 15 is 24.0 Å². The van der Waals surface area contributed by atoms with Gasteiger partial charge in [0, 0.05) is 58.2 Å². The second-order valence-electron chi connectivity index (χ2n) is 33.8. The van der Waals surface area contributed by atoms with Crippen molar-refractivity contribution >= 4 is 97.8 Å². The van der Waals surface area contributed by atoms with Crippen molar-refractivity contribution in [3.8, 4) is 68.2 Å². The number of primary amides is 1. The van der Waals surface area contributed by atoms with Gasteiger partial charge < -0.3 is 163 Å². The Kier molecular flexibility index (Phi) is 32.2. The standard InChI is InChI=1S/C86H97Cl3N10O26.H4O7P2/c1-35(2)22-51(92-7)77(110)98-67-69(105)42-15-20-55(49(88)24-42)120-57-26-44-27-58(73(57)125-84-74(71(107)70(106)59(34-100)122-84)124-62-32-86(6,76(109)37(4)119-62)93-33-38-8-10-39(11-9-38)40-12-17-45(87)18-13-40)121-56-21-16-43(25-50(56)89)72(123-61-31-85(5,91)75(108)36(3)118-61)68-82(115)97-66(83(116)117)48-28-46(101)29-54(103)63(48)47-23-41(14-19-53(47)102)64(79(112)99-68)96-80(113)65(44)95-78(111)52(30-60(90)104)94-81(67)114;1-8(2,3)7-9(4,5)6/h8-21,23-29,35-37,51-52,59,61-62,64-72,74-76,84,92-93,100-103,105-109H,22,30-34,91H2,1-7H3,(H2,90,104)(H,94,114)(H,95,111)(H,96,113)(H,97,115)(H,98,110)(H,99,112)(H,116,117);(H2,1,2,3)(H2,4,5,6)/t36-,37-,51+,52-,59+,61-,62-,64+,65+,66-,67+,68-,69+,70+,71-,72+,74+,75-,76-,84-,85-,86-;/m0./s1. The summed E-state index contributed by atoms with van der Waals surface area (Å²) in [7, 11) is -8.62. The third kappa shape index (κ3) is 24.2. The highest BCUT2D eigenvalue weighted by molar-refractivity contribution is 7.60. The van der Waals surface area contributed by atoms with Crippen LogP contribution in [0.5, 0.6) is 46.0 Å². The molecular weight excluding hydrogens is 1870 g/mol. The van der Waals surface area contributed by atoms with Gasteiger partial charge in [0.2, 0.25) is 53.4 Å². The smallest absolute Gasteiger partial charge is 0.478 e. The molecule has 134 heavy (non-hydrogen) atoms. The molecule has 8 aliphatic heterocycles. The summed E-state index contributed by atoms with van der Waals surface area (Å²) in [6.45, 7) is 9.06. The molecule has 0 aliphatic carbocycles. The van der Waals surface area contributed by atoms with Crippen LogP contribution in [-0.2, 0) is 82.0 Å². The monoisotopic (exact) mass is 1970 g/mol. The Bertz CT molecular complexity index is 5650. The molecule has 0 saturated carbocycles. The number of aliphatic hydroxyl groups excluding tert-OH is 6. The minimum Gasteiger partial charge on any atom is -0.508 e. The fourth-order valence-electron chi connectivity index (χ4n) is 16.3. The molecule has 26 N–H and O–H groups in total. The number of hydrogen-bond acceptors (Lipinski definition) is 31. The van der Waals surface area contributed by atoms with Gasteiger partial charge >= 0.3 is 21.6 Å². The van der Waals surface area contributed by atoms with E-state index in [0.29, 0.717) is 5.02 Å². The molecule has 43 nitrogen and oxygen atoms in total. The minimum atomic E-state index is -5.05. The van der Waals surface area contributed by atoms with Crippen molar-refractivity contribution in [2.24, 2.45) is 17.4 Å². The summed E-state index contributed by atoms with van der Waals surface area (Å²) in [5, 5.41) is 138. The van der Waals surface area contributed by atoms with E-state index < -0.39 is 277 Å². The summed E-state index contributed by atoms with van der Waals surface area (Å²) < 4.78 is 75.1. The number of phenols is 3. The van der Waals surface area contributed by atoms with Gasteiger partial charge in [0.25, 0.3) is 0 Å². The van der Waals surface area contributed by atoms with Crippen LogP contribution in [-0.4, -0.2) is 235 Å². The first kappa shape index (κ1) is 103. The number of nitrogens with two attached hydrogens (primary N) is 2. The first-order valence-corrected chi connectivity index (χ1v) is 45.8. The van der Waals surface area contributed by atoms with E-state index in [-0.39, 0.29) is 59.2 Å². The summed E-state index contributed by atoms with van der Waals surface area (Å²) >= 11 is 20.8. The van der Waals surface area contributed by atoms with Gasteiger partial charge in [0.15, 0.2) is 36.2 Å². The molecular formula is C86H101Cl3N10O33P2. The number of halogens is 3. The number of phenolic OH excluding ortho intramolecular Hbond substituents is 3. The molecule has 22 atom stereocenters. The molecule has 0 radical (unpaired) electrons. The van der Waals surface area contributed by atoms with Crippen LogP contribution in [0.3, 0.4) is 0 Å². The van der Waals surface area contributed by atoms with Crippen LogP contribution >= 0.6 is 50.4 Å². The quantitative estimate of drug-likeness (QED) is 0.0456. The average Bonchev–Trinajstić information content (AvgIpc) is 0.763. The van der Waals surface area contributed by atoms with Gasteiger partial charge in [-0.15, -0.1) is 0 Å². The van der Waals surface area contributed by atoms with Gasteiger partial charge in [-0.1, -0.05) is 103 Å². The Labute approximate surface area is 778 Å². The highest BCUT2D eigenvalue weighted by Crippen LogP contribution is 2.55. The molecule has 724 valence electrons. The van der Waals surface area contributed by atoms with Crippen LogP contribution in [0.15, 0.2) is 127 Å². The van der Waals surface area contributed by atoms with E-state index in [1.54, 1.807) is 26.0 Å². The van der Waals surface area contributed by atoms with Gasteiger partial charge in [0.05, 0.1) is 53.5 Å². The maximum atomic E-state index is 16.6. The predicted molar refractivity (Wildman–Crippen MR) is 470 cm³/mol. The molecule has 15 rings (SSSR count). The third-order valence-electron chi connectivity index (χ3n) is 23.1. The van der Waals surface area contributed by atoms with E-state index in [0.717, 1.165) is 65.2 Å². The Morgan fingerprint density at radius 2 is 1.19 bits per heavy atom. The zero-order valence-corrected chi connectivity index (χ0v) is 76.2. The number of phosphoric acid groups is 2. The number of rotatable bonds is 21. The zero-order chi connectivity index (χ0) is 98.0. The number of nitrogens with one attached hydrogen (secondary N) is 8. The summed E-state index contributed by atoms with van der Waals surface area (Å²) in [6, 6.07) is 14.5. The number of aliphatic carboxylic acids is 1. The lowest BCUT2D eigenvalue weighted by Crippen LogP contribution is -2.65. The van der Waals surface area contributed by atoms with Gasteiger partial charge in [0.1, 0.15) is 89.5 Å². The number of carbonyl (C=O) groups is 8. The molecule has 48 heteroatoms. The molecule has 7 aromatic rings. The summed E-state index contributed by atoms with van der Waals surface area (Å²) in [5.74, 6) is -16.1. The van der Waals surface area contributed by atoms with E-state index in [1.807, 2.05) is 50.2 Å². The van der Waals surface area contributed by atoms with Crippen LogP contribution in [0.25, 0.3) is 22.3 Å². The molecule has 0 aromatic heterocycles. The van der Waals surface area contributed by atoms with E-state index in [1.165, 1.54) is 51.2 Å². The summed E-state index contributed by atoms with van der Waals surface area (Å²) in [5.41, 5.74) is 9.60. The van der Waals surface area contributed by atoms with Gasteiger partial charge in [-0.25, -0.2) is 13.9 Å². The van der Waals surface area contributed by atoms with Crippen molar-refractivity contribution < 1.29 is 160 Å². The van der Waals surface area contributed by atoms with Crippen molar-refractivity contribution in [3.63, 3.8) is 0 Å². The number of aliphatic hydroxyl groups is 6. The number of aromatic hydroxyl groups is 3. The highest BCUT2D eigenvalue weighted by atomic mass is 35.5. The molecule has 7 amide bonds. The molecule has 7 aromatic carbocycles. The topological polar surface area (TPSA) is 685 Å². The number of benzene rings is 7. The lowest BCUT2D eigenvalue weighted by molar-refractivity contribution is -0.334. The fraction of sp³-hybridized carbons (Fsp3) is 0.419. The third-order valence-corrected chi connectivity index (χ3v) is 25.7. The van der Waals surface area contributed by atoms with Gasteiger partial charge in [-0.05, 0) is 153 Å². The van der Waals surface area contributed by atoms with Gasteiger partial charge in [-0.3, -0.25) is 33.6 Å². The van der Waals surface area contributed by atoms with Crippen molar-refractivity contribution in [2.45, 2.75) is 207 Å². The minimum absolute atomic E-state index is 0.119. The van der Waals surface area contributed by atoms with Crippen molar-refractivity contribution in [1.82, 2.24) is 42.5 Å². The molecule has 8 heterocycles. The van der Waals surface area contributed by atoms with E-state index in [9.17, 15) is 74.6 Å². The van der Waals surface area contributed by atoms with Crippen molar-refractivity contribution in [1.29, 1.82) is 0 Å². The Morgan fingerprint density at radius 1 is 0.627 bits per heavy atom. The Hall–Kier alpha value is -10.3. The maximum absolute atomic E-state index is 16.6. The van der Waals surface area contributed by atoms with Crippen LogP contribution < -0.4 is 68.2 Å². The molecule has 11 bridgehead atoms. The lowest BCUT2D eigenvalue weighted by atomic mass is 9.84. The number of carbonyl (C=O) groups excluding carboxylic acids is 7. The fourth-order valence-corrected chi connectivity index (χ4v) is 18.0. The maximum Gasteiger partial charge on any atom is 0.478 e. The second kappa shape index (κ2) is 42.1. The number of fused-ring (bicyclic) bond motifs is 15. The first-order chi connectivity index (χ1) is 62.9. The van der Waals surface area contributed by atoms with Crippen LogP contribution in [0, 0.1) is 5.92 Å². The van der Waals surface area contributed by atoms with Crippen molar-refractivity contribution in [3.05, 3.63) is 176 Å². The second-order valence-corrected chi connectivity index (χ2v) is 37.6. The highest BCUT2D eigenvalue weighted by Gasteiger charge is 2.53. The van der Waals surface area contributed by atoms with E-state index in [2.05, 4.69) is 46.8 Å². The average molecular weight is 1970 g/mol. The number of amides is 7. The molecule has 3 saturated heterocycles. The van der Waals surface area contributed by atoms with Crippen LogP contribution in [0.1, 0.15) is 131 Å². The predicted octanol–water partition coefficient (Wildman–Crippen LogP) is 3.68. The number of hydrogen-bond donors (Lipinski definition) is 24. The number of carboxylic acids is 1. The largest absolute Gasteiger partial charge is 0.508 e. The SMILES string of the molecule is CN[C@H](CC(C)C)C(=O)N[C@H]1C(=O)N[C@@H](CC(N)=O)C(=O)N[C@H]2C(=O)N[C@H]3C(=O)N[C@H](C(=O)N[C@H](C(=O)O)c4cc(O)cc(O)c4-c4cc3ccc4O)[C@H](O[C@H]3C[C@](C)(N)[C@@H](O)[C@H](C)O3)c3ccc(c(Cl)c3)Oc3cc2cc(c3O[C@@H]2O[C@H](CO)[C@@H](O)[C@H](O)[C@H]2O[C@H]2C[C@](C)(NCc3ccc(-c4ccc(Cl)cc4)cc3)[C@@H](O)[C@H](C)O2)Oc2ccc(cc2Cl)[C@H]1O.O=P(O)(O)OP(=O)(O)O. The Balaban J connectivity index is 0.00000170. The molecule has 0 unspecified atom stereocenters. The summed E-state index contributed by atoms with van der Waals surface area (Å²) in [6.07, 6.45) is -23.0. The lowest BCUT2D eigenvalue weighted by Gasteiger charge is -2.48. The van der Waals surface area contributed by atoms with Gasteiger partial charge in [-0.2, -0.15) is 4.31 Å². The number of likely N-dealkylation sites (N-methyl/N-ethyl adjacent to an activating group) is 1. The molecule has 0 spiro atoms. The van der Waals surface area contributed by atoms with Crippen LogP contribution in [0.2, 0.25) is 15.1 Å². The van der Waals surface area contributed by atoms with E-state index in [4.69, 9.17) is 104 Å². The number of carboxylic acid groups (broad SMARTS) is 1. The Morgan fingerprint density at radius 3 is 1.76 bits per heavy atom. The number of ether oxygens (including phenoxy) is 8. The van der Waals surface area contributed by atoms with Crippen LogP contribution in [0.4, 0.5) is 0 Å². The summed E-state index contributed by atoms with van der Waals surface area (Å²) in [4.78, 5) is 152. The first-order valence-electron chi connectivity index (χ1n) is 41.6. The van der Waals surface area contributed by atoms with Crippen molar-refractivity contribution in [2.75, 3.05) is 13.7 Å². The normalized spacial score (nSPS) is 28.7. The molecule has 8 aliphatic rings. The molecule has 3 fully saturated rings. The zero-order valence-electron chi connectivity index (χ0n) is 72.2.